The molecule has 1 N–H and O–H groups in total. The van der Waals surface area contributed by atoms with Crippen molar-refractivity contribution in [2.45, 2.75) is 13.0 Å². The zero-order valence-corrected chi connectivity index (χ0v) is 11.2. The number of anilines is 1. The molecule has 1 heterocycles. The summed E-state index contributed by atoms with van der Waals surface area (Å²) in [6, 6.07) is 0. The standard InChI is InChI=1S/C9H16N2O3S2/c1-7(12)8-6-10-9(15-8)11(2)4-5-16(3,13)14/h6-7,12H,4-5H2,1-3H3. The number of hydrogen-bond donors (Lipinski definition) is 1. The molecule has 0 fully saturated rings. The molecule has 0 aliphatic heterocycles. The predicted molar refractivity (Wildman–Crippen MR) is 65.7 cm³/mol. The van der Waals surface area contributed by atoms with Gasteiger partial charge in [0.25, 0.3) is 0 Å². The first-order chi connectivity index (χ1) is 7.29. The minimum absolute atomic E-state index is 0.104. The first kappa shape index (κ1) is 13.4. The first-order valence-corrected chi connectivity index (χ1v) is 7.70. The van der Waals surface area contributed by atoms with Gasteiger partial charge in [0.05, 0.1) is 16.7 Å². The van der Waals surface area contributed by atoms with E-state index in [0.29, 0.717) is 6.54 Å². The molecule has 1 rings (SSSR count). The lowest BCUT2D eigenvalue weighted by atomic mass is 10.4. The van der Waals surface area contributed by atoms with Crippen molar-refractivity contribution in [3.05, 3.63) is 11.1 Å². The lowest BCUT2D eigenvalue weighted by molar-refractivity contribution is 0.203. The van der Waals surface area contributed by atoms with E-state index >= 15 is 0 Å². The van der Waals surface area contributed by atoms with Crippen molar-refractivity contribution in [1.82, 2.24) is 4.98 Å². The van der Waals surface area contributed by atoms with Crippen LogP contribution >= 0.6 is 11.3 Å². The van der Waals surface area contributed by atoms with Crippen LogP contribution in [0, 0.1) is 0 Å². The highest BCUT2D eigenvalue weighted by Crippen LogP contribution is 2.25. The normalized spacial score (nSPS) is 13.8. The summed E-state index contributed by atoms with van der Waals surface area (Å²) in [6.45, 7) is 2.08. The molecule has 0 radical (unpaired) electrons. The molecular weight excluding hydrogens is 248 g/mol. The Bertz CT molecular complexity index is 439. The van der Waals surface area contributed by atoms with Crippen LogP contribution in [0.25, 0.3) is 0 Å². The highest BCUT2D eigenvalue weighted by Gasteiger charge is 2.11. The zero-order chi connectivity index (χ0) is 12.3. The molecule has 1 aromatic heterocycles. The number of thiazole rings is 1. The van der Waals surface area contributed by atoms with E-state index in [-0.39, 0.29) is 5.75 Å². The van der Waals surface area contributed by atoms with Crippen LogP contribution in [0.15, 0.2) is 6.20 Å². The van der Waals surface area contributed by atoms with Crippen LogP contribution in [0.4, 0.5) is 5.13 Å². The van der Waals surface area contributed by atoms with Gasteiger partial charge in [0.1, 0.15) is 9.84 Å². The number of rotatable bonds is 5. The molecule has 0 saturated carbocycles. The van der Waals surface area contributed by atoms with Gasteiger partial charge in [-0.1, -0.05) is 11.3 Å². The van der Waals surface area contributed by atoms with Gasteiger partial charge in [0, 0.05) is 26.0 Å². The van der Waals surface area contributed by atoms with Gasteiger partial charge in [-0.15, -0.1) is 0 Å². The summed E-state index contributed by atoms with van der Waals surface area (Å²) >= 11 is 1.37. The van der Waals surface area contributed by atoms with Crippen LogP contribution in [0.3, 0.4) is 0 Å². The maximum absolute atomic E-state index is 11.0. The second-order valence-electron chi connectivity index (χ2n) is 3.77. The number of aliphatic hydroxyl groups excluding tert-OH is 1. The van der Waals surface area contributed by atoms with Crippen LogP contribution in [-0.4, -0.2) is 44.1 Å². The molecule has 0 aliphatic carbocycles. The largest absolute Gasteiger partial charge is 0.388 e. The molecule has 7 heteroatoms. The van der Waals surface area contributed by atoms with Crippen LogP contribution in [0.5, 0.6) is 0 Å². The van der Waals surface area contributed by atoms with E-state index in [9.17, 15) is 13.5 Å². The van der Waals surface area contributed by atoms with Crippen LogP contribution < -0.4 is 4.90 Å². The molecule has 0 aromatic carbocycles. The van der Waals surface area contributed by atoms with Crippen LogP contribution in [-0.2, 0) is 9.84 Å². The molecule has 0 saturated heterocycles. The monoisotopic (exact) mass is 264 g/mol. The summed E-state index contributed by atoms with van der Waals surface area (Å²) in [5, 5.41) is 10.1. The number of nitrogens with zero attached hydrogens (tertiary/aromatic N) is 2. The molecule has 0 bridgehead atoms. The number of sulfone groups is 1. The molecule has 0 aliphatic rings. The fraction of sp³-hybridized carbons (Fsp3) is 0.667. The van der Waals surface area contributed by atoms with Gasteiger partial charge in [-0.2, -0.15) is 0 Å². The summed E-state index contributed by atoms with van der Waals surface area (Å²) in [6.07, 6.45) is 2.29. The van der Waals surface area contributed by atoms with Gasteiger partial charge < -0.3 is 10.0 Å². The molecule has 5 nitrogen and oxygen atoms in total. The smallest absolute Gasteiger partial charge is 0.185 e. The molecule has 0 spiro atoms. The molecular formula is C9H16N2O3S2. The summed E-state index contributed by atoms with van der Waals surface area (Å²) in [5.74, 6) is 0.104. The minimum Gasteiger partial charge on any atom is -0.388 e. The topological polar surface area (TPSA) is 70.5 Å². The van der Waals surface area contributed by atoms with Crippen molar-refractivity contribution >= 4 is 26.3 Å². The maximum atomic E-state index is 11.0. The lowest BCUT2D eigenvalue weighted by Crippen LogP contribution is -2.24. The van der Waals surface area contributed by atoms with E-state index < -0.39 is 15.9 Å². The summed E-state index contributed by atoms with van der Waals surface area (Å²) in [5.41, 5.74) is 0. The van der Waals surface area contributed by atoms with Gasteiger partial charge in [-0.3, -0.25) is 0 Å². The van der Waals surface area contributed by atoms with Crippen molar-refractivity contribution < 1.29 is 13.5 Å². The van der Waals surface area contributed by atoms with E-state index in [1.807, 2.05) is 0 Å². The highest BCUT2D eigenvalue weighted by atomic mass is 32.2. The van der Waals surface area contributed by atoms with Crippen molar-refractivity contribution in [2.75, 3.05) is 30.5 Å². The molecule has 16 heavy (non-hydrogen) atoms. The fourth-order valence-corrected chi connectivity index (χ4v) is 2.49. The summed E-state index contributed by atoms with van der Waals surface area (Å²) < 4.78 is 22.0. The predicted octanol–water partition coefficient (Wildman–Crippen LogP) is 0.677. The van der Waals surface area contributed by atoms with Crippen LogP contribution in [0.2, 0.25) is 0 Å². The third-order valence-corrected chi connectivity index (χ3v) is 4.25. The Morgan fingerprint density at radius 3 is 2.69 bits per heavy atom. The third kappa shape index (κ3) is 4.07. The van der Waals surface area contributed by atoms with Gasteiger partial charge in [0.15, 0.2) is 5.13 Å². The van der Waals surface area contributed by atoms with E-state index in [1.165, 1.54) is 17.6 Å². The van der Waals surface area contributed by atoms with Gasteiger partial charge in [-0.05, 0) is 6.92 Å². The van der Waals surface area contributed by atoms with Gasteiger partial charge in [-0.25, -0.2) is 13.4 Å². The SMILES string of the molecule is CC(O)c1cnc(N(C)CCS(C)(=O)=O)s1. The number of hydrogen-bond acceptors (Lipinski definition) is 6. The van der Waals surface area contributed by atoms with Crippen LogP contribution in [0.1, 0.15) is 17.9 Å². The zero-order valence-electron chi connectivity index (χ0n) is 9.54. The Morgan fingerprint density at radius 2 is 2.25 bits per heavy atom. The average Bonchev–Trinajstić information content (AvgIpc) is 2.61. The van der Waals surface area contributed by atoms with E-state index in [2.05, 4.69) is 4.98 Å². The fourth-order valence-electron chi connectivity index (χ4n) is 1.04. The lowest BCUT2D eigenvalue weighted by Gasteiger charge is -2.14. The van der Waals surface area contributed by atoms with Gasteiger partial charge in [0.2, 0.25) is 0 Å². The van der Waals surface area contributed by atoms with E-state index in [1.54, 1.807) is 25.1 Å². The second-order valence-corrected chi connectivity index (χ2v) is 7.07. The Morgan fingerprint density at radius 1 is 1.62 bits per heavy atom. The summed E-state index contributed by atoms with van der Waals surface area (Å²) in [4.78, 5) is 6.68. The second kappa shape index (κ2) is 5.11. The van der Waals surface area contributed by atoms with E-state index in [0.717, 1.165) is 10.0 Å². The molecule has 1 aromatic rings. The van der Waals surface area contributed by atoms with E-state index in [4.69, 9.17) is 0 Å². The first-order valence-electron chi connectivity index (χ1n) is 4.82. The Hall–Kier alpha value is -0.660. The quantitative estimate of drug-likeness (QED) is 0.846. The molecule has 1 atom stereocenters. The third-order valence-electron chi connectivity index (χ3n) is 2.05. The number of aliphatic hydroxyl groups is 1. The number of aromatic nitrogens is 1. The maximum Gasteiger partial charge on any atom is 0.185 e. The highest BCUT2D eigenvalue weighted by molar-refractivity contribution is 7.90. The van der Waals surface area contributed by atoms with Crippen molar-refractivity contribution in [2.24, 2.45) is 0 Å². The Labute approximate surface area is 99.7 Å². The molecule has 92 valence electrons. The van der Waals surface area contributed by atoms with Crippen molar-refractivity contribution in [3.63, 3.8) is 0 Å². The average molecular weight is 264 g/mol. The summed E-state index contributed by atoms with van der Waals surface area (Å²) in [7, 11) is -1.16. The molecule has 1 unspecified atom stereocenters. The minimum atomic E-state index is -2.95. The van der Waals surface area contributed by atoms with Crippen molar-refractivity contribution in [3.8, 4) is 0 Å². The van der Waals surface area contributed by atoms with Crippen molar-refractivity contribution in [1.29, 1.82) is 0 Å². The molecule has 0 amide bonds. The Balaban J connectivity index is 2.63. The Kier molecular flexibility index (Phi) is 4.28. The van der Waals surface area contributed by atoms with Gasteiger partial charge >= 0.3 is 0 Å².